The molecule has 1 aliphatic heterocycles. The van der Waals surface area contributed by atoms with Gasteiger partial charge < -0.3 is 21.1 Å². The topological polar surface area (TPSA) is 81.6 Å². The minimum Gasteiger partial charge on any atom is -0.398 e. The lowest BCUT2D eigenvalue weighted by molar-refractivity contribution is 0.100. The molecule has 0 saturated carbocycles. The van der Waals surface area contributed by atoms with Gasteiger partial charge >= 0.3 is 0 Å². The molecular formula is C12H16FN3O2. The fourth-order valence-electron chi connectivity index (χ4n) is 2.17. The Kier molecular flexibility index (Phi) is 3.38. The molecule has 0 spiro atoms. The fourth-order valence-corrected chi connectivity index (χ4v) is 2.17. The number of benzene rings is 1. The molecule has 1 aromatic rings. The van der Waals surface area contributed by atoms with Crippen molar-refractivity contribution in [2.24, 2.45) is 5.73 Å². The molecular weight excluding hydrogens is 237 g/mol. The van der Waals surface area contributed by atoms with E-state index >= 15 is 0 Å². The van der Waals surface area contributed by atoms with E-state index in [0.29, 0.717) is 18.8 Å². The van der Waals surface area contributed by atoms with Gasteiger partial charge in [0.15, 0.2) is 0 Å². The largest absolute Gasteiger partial charge is 0.398 e. The summed E-state index contributed by atoms with van der Waals surface area (Å²) in [6.45, 7) is 1.27. The zero-order valence-electron chi connectivity index (χ0n) is 10.1. The van der Waals surface area contributed by atoms with E-state index in [0.717, 1.165) is 12.5 Å². The molecule has 0 bridgehead atoms. The van der Waals surface area contributed by atoms with Gasteiger partial charge in [0, 0.05) is 25.9 Å². The van der Waals surface area contributed by atoms with Crippen LogP contribution in [0.5, 0.6) is 0 Å². The SMILES string of the molecule is COC1CCN(c2cc(C(N)=O)c(N)cc2F)C1. The minimum atomic E-state index is -0.656. The number of carbonyl (C=O) groups is 1. The molecule has 1 unspecified atom stereocenters. The second kappa shape index (κ2) is 4.81. The Morgan fingerprint density at radius 3 is 2.83 bits per heavy atom. The smallest absolute Gasteiger partial charge is 0.250 e. The van der Waals surface area contributed by atoms with Crippen LogP contribution in [-0.2, 0) is 4.74 Å². The first-order valence-corrected chi connectivity index (χ1v) is 5.69. The lowest BCUT2D eigenvalue weighted by Crippen LogP contribution is -2.24. The second-order valence-electron chi connectivity index (χ2n) is 4.35. The van der Waals surface area contributed by atoms with E-state index in [1.807, 2.05) is 4.90 Å². The predicted molar refractivity (Wildman–Crippen MR) is 67.0 cm³/mol. The van der Waals surface area contributed by atoms with Crippen molar-refractivity contribution >= 4 is 17.3 Å². The summed E-state index contributed by atoms with van der Waals surface area (Å²) < 4.78 is 19.1. The van der Waals surface area contributed by atoms with E-state index in [-0.39, 0.29) is 17.4 Å². The van der Waals surface area contributed by atoms with Crippen LogP contribution >= 0.6 is 0 Å². The summed E-state index contributed by atoms with van der Waals surface area (Å²) in [7, 11) is 1.63. The number of primary amides is 1. The van der Waals surface area contributed by atoms with Crippen LogP contribution in [0.1, 0.15) is 16.8 Å². The molecule has 1 amide bonds. The third kappa shape index (κ3) is 2.24. The number of ether oxygens (including phenoxy) is 1. The molecule has 1 saturated heterocycles. The monoisotopic (exact) mass is 253 g/mol. The number of hydrogen-bond acceptors (Lipinski definition) is 4. The highest BCUT2D eigenvalue weighted by atomic mass is 19.1. The maximum absolute atomic E-state index is 13.9. The molecule has 1 aliphatic rings. The summed E-state index contributed by atoms with van der Waals surface area (Å²) in [5.74, 6) is -1.11. The Bertz CT molecular complexity index is 479. The maximum Gasteiger partial charge on any atom is 0.250 e. The van der Waals surface area contributed by atoms with Gasteiger partial charge in [-0.25, -0.2) is 4.39 Å². The second-order valence-corrected chi connectivity index (χ2v) is 4.35. The van der Waals surface area contributed by atoms with E-state index in [4.69, 9.17) is 16.2 Å². The number of nitrogens with two attached hydrogens (primary N) is 2. The van der Waals surface area contributed by atoms with E-state index < -0.39 is 11.7 Å². The normalized spacial score (nSPS) is 19.2. The zero-order chi connectivity index (χ0) is 13.3. The number of rotatable bonds is 3. The third-order valence-electron chi connectivity index (χ3n) is 3.20. The van der Waals surface area contributed by atoms with Crippen molar-refractivity contribution in [3.05, 3.63) is 23.5 Å². The van der Waals surface area contributed by atoms with Crippen LogP contribution in [0.15, 0.2) is 12.1 Å². The Hall–Kier alpha value is -1.82. The van der Waals surface area contributed by atoms with Crippen LogP contribution < -0.4 is 16.4 Å². The van der Waals surface area contributed by atoms with Gasteiger partial charge in [0.05, 0.1) is 17.4 Å². The van der Waals surface area contributed by atoms with Crippen molar-refractivity contribution < 1.29 is 13.9 Å². The molecule has 4 N–H and O–H groups in total. The molecule has 5 nitrogen and oxygen atoms in total. The zero-order valence-corrected chi connectivity index (χ0v) is 10.1. The number of nitrogen functional groups attached to an aromatic ring is 1. The lowest BCUT2D eigenvalue weighted by atomic mass is 10.1. The molecule has 1 heterocycles. The molecule has 18 heavy (non-hydrogen) atoms. The molecule has 98 valence electrons. The number of anilines is 2. The Balaban J connectivity index is 2.33. The van der Waals surface area contributed by atoms with Crippen molar-refractivity contribution in [1.29, 1.82) is 0 Å². The van der Waals surface area contributed by atoms with Gasteiger partial charge in [-0.2, -0.15) is 0 Å². The first-order valence-electron chi connectivity index (χ1n) is 5.69. The number of methoxy groups -OCH3 is 1. The van der Waals surface area contributed by atoms with Crippen LogP contribution in [0.4, 0.5) is 15.8 Å². The highest BCUT2D eigenvalue weighted by molar-refractivity contribution is 5.99. The fraction of sp³-hybridized carbons (Fsp3) is 0.417. The highest BCUT2D eigenvalue weighted by Crippen LogP contribution is 2.28. The van der Waals surface area contributed by atoms with E-state index in [2.05, 4.69) is 0 Å². The van der Waals surface area contributed by atoms with Gasteiger partial charge in [-0.05, 0) is 18.6 Å². The number of hydrogen-bond donors (Lipinski definition) is 2. The summed E-state index contributed by atoms with van der Waals surface area (Å²) in [6.07, 6.45) is 0.908. The third-order valence-corrected chi connectivity index (χ3v) is 3.20. The average molecular weight is 253 g/mol. The van der Waals surface area contributed by atoms with Crippen LogP contribution in [-0.4, -0.2) is 32.2 Å². The van der Waals surface area contributed by atoms with Crippen LogP contribution in [0.2, 0.25) is 0 Å². The van der Waals surface area contributed by atoms with Gasteiger partial charge in [-0.3, -0.25) is 4.79 Å². The van der Waals surface area contributed by atoms with Crippen LogP contribution in [0.25, 0.3) is 0 Å². The van der Waals surface area contributed by atoms with Crippen molar-refractivity contribution in [2.45, 2.75) is 12.5 Å². The molecule has 0 radical (unpaired) electrons. The van der Waals surface area contributed by atoms with Crippen LogP contribution in [0.3, 0.4) is 0 Å². The van der Waals surface area contributed by atoms with Gasteiger partial charge in [0.1, 0.15) is 5.82 Å². The minimum absolute atomic E-state index is 0.0613. The first-order chi connectivity index (χ1) is 8.52. The standard InChI is InChI=1S/C12H16FN3O2/c1-18-7-2-3-16(6-7)11-4-8(12(15)17)10(14)5-9(11)13/h4-5,7H,2-3,6,14H2,1H3,(H2,15,17). The number of halogens is 1. The molecule has 1 atom stereocenters. The molecule has 0 aliphatic carbocycles. The molecule has 1 aromatic carbocycles. The molecule has 0 aromatic heterocycles. The maximum atomic E-state index is 13.9. The summed E-state index contributed by atoms with van der Waals surface area (Å²) in [4.78, 5) is 13.0. The first kappa shape index (κ1) is 12.6. The van der Waals surface area contributed by atoms with E-state index in [1.165, 1.54) is 6.07 Å². The average Bonchev–Trinajstić information content (AvgIpc) is 2.77. The van der Waals surface area contributed by atoms with Crippen LogP contribution in [0, 0.1) is 5.82 Å². The quantitative estimate of drug-likeness (QED) is 0.778. The number of nitrogens with zero attached hydrogens (tertiary/aromatic N) is 1. The Labute approximate surface area is 104 Å². The highest BCUT2D eigenvalue weighted by Gasteiger charge is 2.25. The molecule has 1 fully saturated rings. The Morgan fingerprint density at radius 2 is 2.28 bits per heavy atom. The summed E-state index contributed by atoms with van der Waals surface area (Å²) >= 11 is 0. The predicted octanol–water partition coefficient (Wildman–Crippen LogP) is 0.732. The van der Waals surface area contributed by atoms with Gasteiger partial charge in [0.2, 0.25) is 0 Å². The van der Waals surface area contributed by atoms with Crippen molar-refractivity contribution in [3.63, 3.8) is 0 Å². The van der Waals surface area contributed by atoms with Gasteiger partial charge in [-0.15, -0.1) is 0 Å². The number of amides is 1. The summed E-state index contributed by atoms with van der Waals surface area (Å²) in [6, 6.07) is 2.54. The lowest BCUT2D eigenvalue weighted by Gasteiger charge is -2.20. The van der Waals surface area contributed by atoms with Crippen molar-refractivity contribution in [3.8, 4) is 0 Å². The van der Waals surface area contributed by atoms with Crippen molar-refractivity contribution in [2.75, 3.05) is 30.8 Å². The number of carbonyl (C=O) groups excluding carboxylic acids is 1. The summed E-state index contributed by atoms with van der Waals surface area (Å²) in [5.41, 5.74) is 11.3. The van der Waals surface area contributed by atoms with Gasteiger partial charge in [-0.1, -0.05) is 0 Å². The molecule has 2 rings (SSSR count). The molecule has 6 heteroatoms. The Morgan fingerprint density at radius 1 is 1.56 bits per heavy atom. The van der Waals surface area contributed by atoms with Crippen molar-refractivity contribution in [1.82, 2.24) is 0 Å². The van der Waals surface area contributed by atoms with E-state index in [1.54, 1.807) is 7.11 Å². The van der Waals surface area contributed by atoms with Gasteiger partial charge in [0.25, 0.3) is 5.91 Å². The summed E-state index contributed by atoms with van der Waals surface area (Å²) in [5, 5.41) is 0. The van der Waals surface area contributed by atoms with E-state index in [9.17, 15) is 9.18 Å².